The van der Waals surface area contributed by atoms with E-state index in [0.29, 0.717) is 6.04 Å². The van der Waals surface area contributed by atoms with E-state index in [0.717, 1.165) is 44.3 Å². The van der Waals surface area contributed by atoms with Crippen molar-refractivity contribution in [3.63, 3.8) is 0 Å². The summed E-state index contributed by atoms with van der Waals surface area (Å²) in [5.74, 6) is 0. The maximum atomic E-state index is 11.1. The summed E-state index contributed by atoms with van der Waals surface area (Å²) < 4.78 is 2.08. The molecule has 19 heavy (non-hydrogen) atoms. The van der Waals surface area contributed by atoms with Crippen LogP contribution in [-0.2, 0) is 11.3 Å². The Bertz CT molecular complexity index is 398. The molecule has 1 fully saturated rings. The number of aldehydes is 1. The number of aromatic nitrogens is 2. The first-order valence-corrected chi connectivity index (χ1v) is 7.51. The van der Waals surface area contributed by atoms with E-state index >= 15 is 0 Å². The van der Waals surface area contributed by atoms with Crippen LogP contribution in [0.5, 0.6) is 0 Å². The zero-order valence-electron chi connectivity index (χ0n) is 12.1. The number of hydrogen-bond donors (Lipinski definition) is 0. The molecule has 1 aromatic heterocycles. The number of carbonyl (C=O) groups excluding carboxylic acids is 1. The zero-order chi connectivity index (χ0) is 13.7. The minimum atomic E-state index is 0.0899. The molecule has 1 atom stereocenters. The molecule has 0 spiro atoms. The predicted octanol–water partition coefficient (Wildman–Crippen LogP) is 2.80. The van der Waals surface area contributed by atoms with Crippen molar-refractivity contribution < 1.29 is 4.79 Å². The van der Waals surface area contributed by atoms with Gasteiger partial charge in [0.2, 0.25) is 0 Å². The van der Waals surface area contributed by atoms with Gasteiger partial charge < -0.3 is 4.79 Å². The molecule has 1 aliphatic rings. The van der Waals surface area contributed by atoms with Crippen LogP contribution < -0.4 is 0 Å². The van der Waals surface area contributed by atoms with Gasteiger partial charge in [0.25, 0.3) is 0 Å². The lowest BCUT2D eigenvalue weighted by molar-refractivity contribution is -0.113. The predicted molar refractivity (Wildman–Crippen MR) is 76.0 cm³/mol. The van der Waals surface area contributed by atoms with E-state index in [1.165, 1.54) is 12.8 Å². The zero-order valence-corrected chi connectivity index (χ0v) is 12.1. The topological polar surface area (TPSA) is 38.1 Å². The summed E-state index contributed by atoms with van der Waals surface area (Å²) in [5.41, 5.74) is 1.08. The SMILES string of the molecule is CCC(CC)n1ccc(CN2CCCCC2C=O)n1. The highest BCUT2D eigenvalue weighted by atomic mass is 16.1. The van der Waals surface area contributed by atoms with Crippen molar-refractivity contribution in [1.82, 2.24) is 14.7 Å². The van der Waals surface area contributed by atoms with Gasteiger partial charge in [-0.1, -0.05) is 20.3 Å². The molecule has 1 aromatic rings. The Morgan fingerprint density at radius 1 is 1.42 bits per heavy atom. The van der Waals surface area contributed by atoms with E-state index in [1.54, 1.807) is 0 Å². The van der Waals surface area contributed by atoms with Gasteiger partial charge >= 0.3 is 0 Å². The molecule has 0 aromatic carbocycles. The van der Waals surface area contributed by atoms with Crippen LogP contribution >= 0.6 is 0 Å². The van der Waals surface area contributed by atoms with E-state index in [1.807, 2.05) is 0 Å². The molecule has 1 aliphatic heterocycles. The molecule has 0 saturated carbocycles. The van der Waals surface area contributed by atoms with Gasteiger partial charge in [0.05, 0.1) is 17.8 Å². The fourth-order valence-corrected chi connectivity index (χ4v) is 2.90. The molecule has 0 amide bonds. The first-order valence-electron chi connectivity index (χ1n) is 7.51. The molecule has 2 heterocycles. The van der Waals surface area contributed by atoms with E-state index in [2.05, 4.69) is 40.8 Å². The second-order valence-corrected chi connectivity index (χ2v) is 5.43. The lowest BCUT2D eigenvalue weighted by Crippen LogP contribution is -2.40. The van der Waals surface area contributed by atoms with Crippen molar-refractivity contribution in [2.24, 2.45) is 0 Å². The molecule has 0 bridgehead atoms. The van der Waals surface area contributed by atoms with E-state index in [9.17, 15) is 4.79 Å². The van der Waals surface area contributed by atoms with Crippen molar-refractivity contribution in [2.75, 3.05) is 6.54 Å². The summed E-state index contributed by atoms with van der Waals surface area (Å²) in [6.07, 6.45) is 8.75. The van der Waals surface area contributed by atoms with E-state index in [4.69, 9.17) is 0 Å². The van der Waals surface area contributed by atoms with Gasteiger partial charge in [0.15, 0.2) is 0 Å². The lowest BCUT2D eigenvalue weighted by Gasteiger charge is -2.31. The number of carbonyl (C=O) groups is 1. The normalized spacial score (nSPS) is 20.9. The molecule has 0 aliphatic carbocycles. The average molecular weight is 263 g/mol. The summed E-state index contributed by atoms with van der Waals surface area (Å²) in [6.45, 7) is 6.21. The summed E-state index contributed by atoms with van der Waals surface area (Å²) in [5, 5.41) is 4.67. The van der Waals surface area contributed by atoms with Crippen LogP contribution in [0.25, 0.3) is 0 Å². The van der Waals surface area contributed by atoms with Gasteiger partial charge in [-0.15, -0.1) is 0 Å². The smallest absolute Gasteiger partial charge is 0.137 e. The van der Waals surface area contributed by atoms with Crippen LogP contribution in [0.2, 0.25) is 0 Å². The molecule has 106 valence electrons. The summed E-state index contributed by atoms with van der Waals surface area (Å²) >= 11 is 0. The van der Waals surface area contributed by atoms with Gasteiger partial charge in [-0.2, -0.15) is 5.10 Å². The lowest BCUT2D eigenvalue weighted by atomic mass is 10.0. The highest BCUT2D eigenvalue weighted by Gasteiger charge is 2.22. The Morgan fingerprint density at radius 3 is 2.89 bits per heavy atom. The Balaban J connectivity index is 2.00. The largest absolute Gasteiger partial charge is 0.302 e. The molecular formula is C15H25N3O. The second-order valence-electron chi connectivity index (χ2n) is 5.43. The monoisotopic (exact) mass is 263 g/mol. The van der Waals surface area contributed by atoms with Crippen molar-refractivity contribution >= 4 is 6.29 Å². The minimum absolute atomic E-state index is 0.0899. The fourth-order valence-electron chi connectivity index (χ4n) is 2.90. The van der Waals surface area contributed by atoms with Crippen LogP contribution in [0.4, 0.5) is 0 Å². The second kappa shape index (κ2) is 6.85. The van der Waals surface area contributed by atoms with Crippen molar-refractivity contribution in [1.29, 1.82) is 0 Å². The highest BCUT2D eigenvalue weighted by molar-refractivity contribution is 5.57. The highest BCUT2D eigenvalue weighted by Crippen LogP contribution is 2.19. The van der Waals surface area contributed by atoms with Gasteiger partial charge in [-0.3, -0.25) is 9.58 Å². The quantitative estimate of drug-likeness (QED) is 0.741. The molecule has 4 nitrogen and oxygen atoms in total. The maximum absolute atomic E-state index is 11.1. The average Bonchev–Trinajstić information content (AvgIpc) is 2.89. The first-order chi connectivity index (χ1) is 9.28. The van der Waals surface area contributed by atoms with Gasteiger partial charge in [-0.25, -0.2) is 0 Å². The van der Waals surface area contributed by atoms with Crippen LogP contribution in [0.3, 0.4) is 0 Å². The van der Waals surface area contributed by atoms with Crippen molar-refractivity contribution in [3.05, 3.63) is 18.0 Å². The third-order valence-electron chi connectivity index (χ3n) is 4.17. The standard InChI is InChI=1S/C15H25N3O/c1-3-14(4-2)18-10-8-13(16-18)11-17-9-6-5-7-15(17)12-19/h8,10,12,14-15H,3-7,9,11H2,1-2H3. The van der Waals surface area contributed by atoms with Crippen LogP contribution in [0.15, 0.2) is 12.3 Å². The van der Waals surface area contributed by atoms with Gasteiger partial charge in [-0.05, 0) is 38.3 Å². The van der Waals surface area contributed by atoms with Crippen LogP contribution in [-0.4, -0.2) is 33.6 Å². The number of rotatable bonds is 6. The number of nitrogens with zero attached hydrogens (tertiary/aromatic N) is 3. The first kappa shape index (κ1) is 14.3. The molecule has 1 saturated heterocycles. The summed E-state index contributed by atoms with van der Waals surface area (Å²) in [6, 6.07) is 2.68. The van der Waals surface area contributed by atoms with Gasteiger partial charge in [0.1, 0.15) is 6.29 Å². The van der Waals surface area contributed by atoms with Crippen LogP contribution in [0, 0.1) is 0 Å². The Morgan fingerprint density at radius 2 is 2.21 bits per heavy atom. The Kier molecular flexibility index (Phi) is 5.14. The molecule has 1 unspecified atom stereocenters. The summed E-state index contributed by atoms with van der Waals surface area (Å²) in [4.78, 5) is 13.4. The number of hydrogen-bond acceptors (Lipinski definition) is 3. The van der Waals surface area contributed by atoms with Crippen molar-refractivity contribution in [3.8, 4) is 0 Å². The molecular weight excluding hydrogens is 238 g/mol. The maximum Gasteiger partial charge on any atom is 0.137 e. The molecule has 0 N–H and O–H groups in total. The summed E-state index contributed by atoms with van der Waals surface area (Å²) in [7, 11) is 0. The molecule has 4 heteroatoms. The van der Waals surface area contributed by atoms with Gasteiger partial charge in [0, 0.05) is 12.7 Å². The number of likely N-dealkylation sites (tertiary alicyclic amines) is 1. The van der Waals surface area contributed by atoms with E-state index < -0.39 is 0 Å². The Labute approximate surface area is 115 Å². The van der Waals surface area contributed by atoms with Crippen molar-refractivity contribution in [2.45, 2.75) is 64.6 Å². The Hall–Kier alpha value is -1.16. The third kappa shape index (κ3) is 3.44. The molecule has 0 radical (unpaired) electrons. The minimum Gasteiger partial charge on any atom is -0.302 e. The van der Waals surface area contributed by atoms with E-state index in [-0.39, 0.29) is 6.04 Å². The number of piperidine rings is 1. The third-order valence-corrected chi connectivity index (χ3v) is 4.17. The van der Waals surface area contributed by atoms with Crippen LogP contribution in [0.1, 0.15) is 57.7 Å². The molecule has 2 rings (SSSR count). The fraction of sp³-hybridized carbons (Fsp3) is 0.733.